The SMILES string of the molecule is C[C@H](Oc1cc2cc([C@@H](C)O)ccc2nc1N)c1[nH]c(=O)ccc1-n1cccn1. The molecule has 0 amide bonds. The number of nitrogens with zero attached hydrogens (tertiary/aromatic N) is 3. The number of nitrogen functional groups attached to an aromatic ring is 1. The molecule has 29 heavy (non-hydrogen) atoms. The highest BCUT2D eigenvalue weighted by atomic mass is 16.5. The van der Waals surface area contributed by atoms with Crippen molar-refractivity contribution in [1.82, 2.24) is 19.7 Å². The molecule has 4 rings (SSSR count). The lowest BCUT2D eigenvalue weighted by atomic mass is 10.1. The largest absolute Gasteiger partial charge is 0.481 e. The van der Waals surface area contributed by atoms with Crippen LogP contribution in [0.4, 0.5) is 5.82 Å². The molecule has 0 fully saturated rings. The lowest BCUT2D eigenvalue weighted by Gasteiger charge is -2.19. The summed E-state index contributed by atoms with van der Waals surface area (Å²) < 4.78 is 7.73. The summed E-state index contributed by atoms with van der Waals surface area (Å²) in [5.41, 5.74) is 8.61. The molecule has 148 valence electrons. The molecule has 3 heterocycles. The minimum absolute atomic E-state index is 0.238. The topological polar surface area (TPSA) is 119 Å². The molecule has 0 aliphatic rings. The molecule has 0 aliphatic carbocycles. The first-order chi connectivity index (χ1) is 13.9. The van der Waals surface area contributed by atoms with E-state index in [4.69, 9.17) is 10.5 Å². The predicted molar refractivity (Wildman–Crippen MR) is 110 cm³/mol. The van der Waals surface area contributed by atoms with Gasteiger partial charge in [0.15, 0.2) is 11.6 Å². The van der Waals surface area contributed by atoms with Crippen LogP contribution in [0, 0.1) is 0 Å². The zero-order valence-electron chi connectivity index (χ0n) is 16.0. The second kappa shape index (κ2) is 7.40. The standard InChI is InChI=1S/C21H21N5O3/c1-12(27)14-4-5-16-15(10-14)11-18(21(22)24-16)29-13(2)20-17(6-7-19(28)25-20)26-9-3-8-23-26/h3-13,27H,1-2H3,(H2,22,24)(H,25,28)/t12-,13+/m1/s1. The molecular weight excluding hydrogens is 370 g/mol. The van der Waals surface area contributed by atoms with Crippen molar-refractivity contribution in [3.63, 3.8) is 0 Å². The van der Waals surface area contributed by atoms with Gasteiger partial charge in [0.2, 0.25) is 5.56 Å². The maximum Gasteiger partial charge on any atom is 0.248 e. The van der Waals surface area contributed by atoms with E-state index in [1.165, 1.54) is 6.07 Å². The highest BCUT2D eigenvalue weighted by Gasteiger charge is 2.17. The van der Waals surface area contributed by atoms with Crippen LogP contribution in [-0.2, 0) is 0 Å². The Bertz CT molecular complexity index is 1210. The normalized spacial score (nSPS) is 13.3. The molecule has 8 nitrogen and oxygen atoms in total. The van der Waals surface area contributed by atoms with Crippen LogP contribution >= 0.6 is 0 Å². The molecule has 4 aromatic rings. The van der Waals surface area contributed by atoms with Crippen LogP contribution < -0.4 is 16.0 Å². The van der Waals surface area contributed by atoms with Gasteiger partial charge in [-0.2, -0.15) is 5.10 Å². The Morgan fingerprint density at radius 1 is 1.21 bits per heavy atom. The van der Waals surface area contributed by atoms with Crippen LogP contribution in [0.1, 0.15) is 37.3 Å². The molecule has 4 N–H and O–H groups in total. The van der Waals surface area contributed by atoms with Crippen molar-refractivity contribution in [3.8, 4) is 11.4 Å². The Kier molecular flexibility index (Phi) is 4.77. The number of rotatable bonds is 5. The molecule has 8 heteroatoms. The summed E-state index contributed by atoms with van der Waals surface area (Å²) in [6, 6.07) is 12.2. The van der Waals surface area contributed by atoms with Gasteiger partial charge >= 0.3 is 0 Å². The highest BCUT2D eigenvalue weighted by molar-refractivity contribution is 5.83. The van der Waals surface area contributed by atoms with Gasteiger partial charge in [-0.3, -0.25) is 4.79 Å². The van der Waals surface area contributed by atoms with E-state index >= 15 is 0 Å². The van der Waals surface area contributed by atoms with Gasteiger partial charge in [-0.15, -0.1) is 0 Å². The average molecular weight is 391 g/mol. The van der Waals surface area contributed by atoms with Crippen LogP contribution in [0.15, 0.2) is 59.7 Å². The van der Waals surface area contributed by atoms with Crippen molar-refractivity contribution >= 4 is 16.7 Å². The number of benzene rings is 1. The van der Waals surface area contributed by atoms with Gasteiger partial charge in [0.05, 0.1) is 23.0 Å². The quantitative estimate of drug-likeness (QED) is 0.481. The van der Waals surface area contributed by atoms with Crippen LogP contribution in [-0.4, -0.2) is 24.9 Å². The van der Waals surface area contributed by atoms with Crippen molar-refractivity contribution in [2.24, 2.45) is 0 Å². The summed E-state index contributed by atoms with van der Waals surface area (Å²) in [6.07, 6.45) is 2.33. The summed E-state index contributed by atoms with van der Waals surface area (Å²) in [5.74, 6) is 0.636. The lowest BCUT2D eigenvalue weighted by molar-refractivity contribution is 0.199. The molecule has 0 bridgehead atoms. The fourth-order valence-electron chi connectivity index (χ4n) is 3.20. The van der Waals surface area contributed by atoms with E-state index in [0.29, 0.717) is 22.6 Å². The van der Waals surface area contributed by atoms with Crippen molar-refractivity contribution < 1.29 is 9.84 Å². The second-order valence-corrected chi connectivity index (χ2v) is 6.83. The Labute approximate surface area is 166 Å². The fourth-order valence-corrected chi connectivity index (χ4v) is 3.20. The molecule has 0 saturated carbocycles. The first-order valence-electron chi connectivity index (χ1n) is 9.20. The number of aliphatic hydroxyl groups excluding tert-OH is 1. The van der Waals surface area contributed by atoms with E-state index in [0.717, 1.165) is 10.9 Å². The third kappa shape index (κ3) is 3.70. The van der Waals surface area contributed by atoms with Crippen molar-refractivity contribution in [3.05, 3.63) is 76.5 Å². The summed E-state index contributed by atoms with van der Waals surface area (Å²) in [5, 5.41) is 14.9. The molecule has 3 aromatic heterocycles. The summed E-state index contributed by atoms with van der Waals surface area (Å²) >= 11 is 0. The first kappa shape index (κ1) is 18.7. The van der Waals surface area contributed by atoms with E-state index in [1.807, 2.05) is 25.1 Å². The van der Waals surface area contributed by atoms with Gasteiger partial charge in [-0.05, 0) is 49.7 Å². The zero-order chi connectivity index (χ0) is 20.5. The number of H-pyrrole nitrogens is 1. The number of hydrogen-bond donors (Lipinski definition) is 3. The average Bonchev–Trinajstić information content (AvgIpc) is 3.22. The van der Waals surface area contributed by atoms with Gasteiger partial charge < -0.3 is 20.6 Å². The van der Waals surface area contributed by atoms with E-state index in [1.54, 1.807) is 42.2 Å². The Hall–Kier alpha value is -3.65. The second-order valence-electron chi connectivity index (χ2n) is 6.83. The summed E-state index contributed by atoms with van der Waals surface area (Å²) in [4.78, 5) is 19.1. The third-order valence-electron chi connectivity index (χ3n) is 4.70. The number of nitrogens with two attached hydrogens (primary N) is 1. The van der Waals surface area contributed by atoms with Crippen LogP contribution in [0.3, 0.4) is 0 Å². The Balaban J connectivity index is 1.72. The van der Waals surface area contributed by atoms with E-state index in [9.17, 15) is 9.90 Å². The maximum atomic E-state index is 11.9. The van der Waals surface area contributed by atoms with Gasteiger partial charge in [-0.25, -0.2) is 9.67 Å². The number of aromatic amines is 1. The number of hydrogen-bond acceptors (Lipinski definition) is 6. The third-order valence-corrected chi connectivity index (χ3v) is 4.70. The molecule has 1 aromatic carbocycles. The number of nitrogens with one attached hydrogen (secondary N) is 1. The van der Waals surface area contributed by atoms with E-state index in [-0.39, 0.29) is 11.4 Å². The highest BCUT2D eigenvalue weighted by Crippen LogP contribution is 2.31. The van der Waals surface area contributed by atoms with Gasteiger partial charge in [0, 0.05) is 23.8 Å². The van der Waals surface area contributed by atoms with Crippen LogP contribution in [0.2, 0.25) is 0 Å². The molecule has 0 aliphatic heterocycles. The number of fused-ring (bicyclic) bond motifs is 1. The number of pyridine rings is 2. The lowest BCUT2D eigenvalue weighted by Crippen LogP contribution is -2.17. The minimum Gasteiger partial charge on any atom is -0.481 e. The molecule has 0 spiro atoms. The Morgan fingerprint density at radius 3 is 2.76 bits per heavy atom. The summed E-state index contributed by atoms with van der Waals surface area (Å²) in [6.45, 7) is 3.52. The smallest absolute Gasteiger partial charge is 0.248 e. The Morgan fingerprint density at radius 2 is 2.03 bits per heavy atom. The monoisotopic (exact) mass is 391 g/mol. The minimum atomic E-state index is -0.591. The van der Waals surface area contributed by atoms with Gasteiger partial charge in [0.1, 0.15) is 6.10 Å². The molecule has 0 saturated heterocycles. The van der Waals surface area contributed by atoms with E-state index < -0.39 is 12.2 Å². The van der Waals surface area contributed by atoms with Crippen LogP contribution in [0.25, 0.3) is 16.6 Å². The fraction of sp³-hybridized carbons (Fsp3) is 0.190. The number of aromatic nitrogens is 4. The first-order valence-corrected chi connectivity index (χ1v) is 9.20. The van der Waals surface area contributed by atoms with Crippen molar-refractivity contribution in [2.45, 2.75) is 26.1 Å². The van der Waals surface area contributed by atoms with Crippen LogP contribution in [0.5, 0.6) is 5.75 Å². The molecule has 2 atom stereocenters. The maximum absolute atomic E-state index is 11.9. The van der Waals surface area contributed by atoms with Crippen molar-refractivity contribution in [1.29, 1.82) is 0 Å². The van der Waals surface area contributed by atoms with Crippen molar-refractivity contribution in [2.75, 3.05) is 5.73 Å². The number of anilines is 1. The molecule has 0 radical (unpaired) electrons. The molecular formula is C21H21N5O3. The molecule has 0 unspecified atom stereocenters. The predicted octanol–water partition coefficient (Wildman–Crippen LogP) is 2.88. The van der Waals surface area contributed by atoms with Gasteiger partial charge in [-0.1, -0.05) is 6.07 Å². The number of aliphatic hydroxyl groups is 1. The number of ether oxygens (including phenoxy) is 1. The van der Waals surface area contributed by atoms with Gasteiger partial charge in [0.25, 0.3) is 0 Å². The zero-order valence-corrected chi connectivity index (χ0v) is 16.0. The van der Waals surface area contributed by atoms with E-state index in [2.05, 4.69) is 15.1 Å². The summed E-state index contributed by atoms with van der Waals surface area (Å²) in [7, 11) is 0.